The molecule has 0 aliphatic carbocycles. The minimum Gasteiger partial charge on any atom is -0.351 e. The quantitative estimate of drug-likeness (QED) is 0.746. The number of anilines is 1. The van der Waals surface area contributed by atoms with E-state index < -0.39 is 0 Å². The van der Waals surface area contributed by atoms with E-state index in [9.17, 15) is 4.79 Å². The van der Waals surface area contributed by atoms with Crippen LogP contribution in [0.1, 0.15) is 6.92 Å². The number of aromatic amines is 1. The predicted molar refractivity (Wildman–Crippen MR) is 69.8 cm³/mol. The van der Waals surface area contributed by atoms with Gasteiger partial charge in [-0.05, 0) is 19.1 Å². The first-order valence-electron chi connectivity index (χ1n) is 6.08. The van der Waals surface area contributed by atoms with Crippen molar-refractivity contribution in [1.82, 2.24) is 20.3 Å². The van der Waals surface area contributed by atoms with Crippen molar-refractivity contribution in [3.63, 3.8) is 0 Å². The van der Waals surface area contributed by atoms with Crippen molar-refractivity contribution in [2.45, 2.75) is 13.0 Å². The molecule has 6 heteroatoms. The van der Waals surface area contributed by atoms with E-state index in [1.165, 1.54) is 0 Å². The number of H-pyrrole nitrogens is 1. The third kappa shape index (κ3) is 1.84. The molecule has 6 nitrogen and oxygen atoms in total. The summed E-state index contributed by atoms with van der Waals surface area (Å²) in [5.41, 5.74) is 0.250. The van der Waals surface area contributed by atoms with Crippen LogP contribution in [0.5, 0.6) is 0 Å². The molecule has 1 unspecified atom stereocenters. The molecule has 1 aliphatic heterocycles. The van der Waals surface area contributed by atoms with Gasteiger partial charge in [-0.15, -0.1) is 0 Å². The van der Waals surface area contributed by atoms with Gasteiger partial charge in [0.25, 0.3) is 0 Å². The maximum absolute atomic E-state index is 11.6. The molecule has 18 heavy (non-hydrogen) atoms. The van der Waals surface area contributed by atoms with Gasteiger partial charge in [0.2, 0.25) is 0 Å². The van der Waals surface area contributed by atoms with Gasteiger partial charge < -0.3 is 10.2 Å². The smallest absolute Gasteiger partial charge is 0.348 e. The van der Waals surface area contributed by atoms with E-state index in [0.717, 1.165) is 30.8 Å². The van der Waals surface area contributed by atoms with Gasteiger partial charge in [-0.3, -0.25) is 4.98 Å². The maximum atomic E-state index is 11.6. The Balaban J connectivity index is 2.18. The molecule has 1 saturated heterocycles. The summed E-state index contributed by atoms with van der Waals surface area (Å²) in [6.07, 6.45) is 1.67. The van der Waals surface area contributed by atoms with E-state index in [-0.39, 0.29) is 5.69 Å². The fourth-order valence-electron chi connectivity index (χ4n) is 2.35. The first-order chi connectivity index (χ1) is 8.75. The Morgan fingerprint density at radius 2 is 2.39 bits per heavy atom. The van der Waals surface area contributed by atoms with Crippen LogP contribution in [0.25, 0.3) is 11.0 Å². The minimum atomic E-state index is -0.345. The SMILES string of the molecule is CC1CNCCN1c1nc(=O)[nH]c2ncccc12. The molecule has 2 N–H and O–H groups in total. The number of fused-ring (bicyclic) bond motifs is 1. The molecule has 1 atom stereocenters. The van der Waals surface area contributed by atoms with Gasteiger partial charge in [-0.25, -0.2) is 9.78 Å². The van der Waals surface area contributed by atoms with Gasteiger partial charge in [-0.1, -0.05) is 0 Å². The summed E-state index contributed by atoms with van der Waals surface area (Å²) in [5, 5.41) is 4.22. The summed E-state index contributed by atoms with van der Waals surface area (Å²) in [6, 6.07) is 4.12. The van der Waals surface area contributed by atoms with Crippen LogP contribution in [0.2, 0.25) is 0 Å². The lowest BCUT2D eigenvalue weighted by Gasteiger charge is -2.35. The zero-order chi connectivity index (χ0) is 12.5. The van der Waals surface area contributed by atoms with E-state index in [1.807, 2.05) is 12.1 Å². The maximum Gasteiger partial charge on any atom is 0.348 e. The molecule has 2 aromatic rings. The Bertz CT molecular complexity index is 623. The third-order valence-electron chi connectivity index (χ3n) is 3.25. The van der Waals surface area contributed by atoms with Crippen LogP contribution >= 0.6 is 0 Å². The van der Waals surface area contributed by atoms with Crippen LogP contribution in [-0.4, -0.2) is 40.6 Å². The van der Waals surface area contributed by atoms with E-state index in [1.54, 1.807) is 6.20 Å². The number of aromatic nitrogens is 3. The largest absolute Gasteiger partial charge is 0.351 e. The molecule has 0 saturated carbocycles. The molecule has 1 fully saturated rings. The number of piperazine rings is 1. The Kier molecular flexibility index (Phi) is 2.71. The van der Waals surface area contributed by atoms with Crippen molar-refractivity contribution in [3.8, 4) is 0 Å². The van der Waals surface area contributed by atoms with E-state index >= 15 is 0 Å². The Morgan fingerprint density at radius 3 is 3.22 bits per heavy atom. The second-order valence-corrected chi connectivity index (χ2v) is 4.51. The van der Waals surface area contributed by atoms with Gasteiger partial charge in [0.05, 0.1) is 5.39 Å². The molecule has 0 amide bonds. The fraction of sp³-hybridized carbons (Fsp3) is 0.417. The Hall–Kier alpha value is -1.95. The number of hydrogen-bond donors (Lipinski definition) is 2. The van der Waals surface area contributed by atoms with Gasteiger partial charge >= 0.3 is 5.69 Å². The molecule has 2 aromatic heterocycles. The highest BCUT2D eigenvalue weighted by molar-refractivity contribution is 5.86. The third-order valence-corrected chi connectivity index (χ3v) is 3.25. The highest BCUT2D eigenvalue weighted by Crippen LogP contribution is 2.22. The van der Waals surface area contributed by atoms with Crippen molar-refractivity contribution < 1.29 is 0 Å². The summed E-state index contributed by atoms with van der Waals surface area (Å²) in [6.45, 7) is 4.77. The average molecular weight is 245 g/mol. The van der Waals surface area contributed by atoms with Gasteiger partial charge in [0, 0.05) is 31.9 Å². The van der Waals surface area contributed by atoms with Crippen LogP contribution in [0, 0.1) is 0 Å². The lowest BCUT2D eigenvalue weighted by Crippen LogP contribution is -2.50. The molecule has 94 valence electrons. The molecule has 3 heterocycles. The molecule has 1 aliphatic rings. The van der Waals surface area contributed by atoms with Crippen LogP contribution < -0.4 is 15.9 Å². The molecular weight excluding hydrogens is 230 g/mol. The fourth-order valence-corrected chi connectivity index (χ4v) is 2.35. The average Bonchev–Trinajstić information content (AvgIpc) is 2.38. The topological polar surface area (TPSA) is 73.9 Å². The number of nitrogens with one attached hydrogen (secondary N) is 2. The van der Waals surface area contributed by atoms with Crippen LogP contribution in [0.15, 0.2) is 23.1 Å². The van der Waals surface area contributed by atoms with Crippen LogP contribution in [0.3, 0.4) is 0 Å². The molecule has 0 bridgehead atoms. The van der Waals surface area contributed by atoms with Gasteiger partial charge in [0.1, 0.15) is 11.5 Å². The first kappa shape index (κ1) is 11.2. The van der Waals surface area contributed by atoms with E-state index in [2.05, 4.69) is 32.1 Å². The Labute approximate surface area is 104 Å². The monoisotopic (exact) mass is 245 g/mol. The summed E-state index contributed by atoms with van der Waals surface area (Å²) in [4.78, 5) is 24.7. The zero-order valence-electron chi connectivity index (χ0n) is 10.2. The van der Waals surface area contributed by atoms with Crippen molar-refractivity contribution in [2.24, 2.45) is 0 Å². The summed E-state index contributed by atoms with van der Waals surface area (Å²) < 4.78 is 0. The van der Waals surface area contributed by atoms with Gasteiger partial charge in [-0.2, -0.15) is 4.98 Å². The molecule has 0 spiro atoms. The van der Waals surface area contributed by atoms with E-state index in [0.29, 0.717) is 11.7 Å². The van der Waals surface area contributed by atoms with Gasteiger partial charge in [0.15, 0.2) is 0 Å². The number of rotatable bonds is 1. The zero-order valence-corrected chi connectivity index (χ0v) is 10.2. The molecule has 0 aromatic carbocycles. The molecular formula is C12H15N5O. The highest BCUT2D eigenvalue weighted by atomic mass is 16.1. The lowest BCUT2D eigenvalue weighted by molar-refractivity contribution is 0.498. The highest BCUT2D eigenvalue weighted by Gasteiger charge is 2.21. The predicted octanol–water partition coefficient (Wildman–Crippen LogP) is 0.116. The van der Waals surface area contributed by atoms with Crippen LogP contribution in [0.4, 0.5) is 5.82 Å². The second-order valence-electron chi connectivity index (χ2n) is 4.51. The summed E-state index contributed by atoms with van der Waals surface area (Å²) in [5.74, 6) is 0.732. The first-order valence-corrected chi connectivity index (χ1v) is 6.08. The number of hydrogen-bond acceptors (Lipinski definition) is 5. The van der Waals surface area contributed by atoms with Crippen molar-refractivity contribution in [2.75, 3.05) is 24.5 Å². The summed E-state index contributed by atoms with van der Waals surface area (Å²) >= 11 is 0. The van der Waals surface area contributed by atoms with Crippen molar-refractivity contribution in [3.05, 3.63) is 28.8 Å². The standard InChI is InChI=1S/C12H15N5O/c1-8-7-13-5-6-17(8)11-9-3-2-4-14-10(9)15-12(18)16-11/h2-4,8,13H,5-7H2,1H3,(H,14,15,16,18). The Morgan fingerprint density at radius 1 is 1.50 bits per heavy atom. The molecule has 0 radical (unpaired) electrons. The minimum absolute atomic E-state index is 0.316. The van der Waals surface area contributed by atoms with Crippen LogP contribution in [-0.2, 0) is 0 Å². The number of pyridine rings is 1. The normalized spacial score (nSPS) is 20.3. The molecule has 3 rings (SSSR count). The van der Waals surface area contributed by atoms with E-state index in [4.69, 9.17) is 0 Å². The number of nitrogens with zero attached hydrogens (tertiary/aromatic N) is 3. The second kappa shape index (κ2) is 4.38. The summed E-state index contributed by atoms with van der Waals surface area (Å²) in [7, 11) is 0. The lowest BCUT2D eigenvalue weighted by atomic mass is 10.2. The van der Waals surface area contributed by atoms with Crippen molar-refractivity contribution >= 4 is 16.9 Å². The van der Waals surface area contributed by atoms with Crippen molar-refractivity contribution in [1.29, 1.82) is 0 Å².